The fourth-order valence-corrected chi connectivity index (χ4v) is 2.52. The molecule has 0 aliphatic heterocycles. The molecule has 0 amide bonds. The molecule has 0 aromatic carbocycles. The number of thiophene rings is 1. The number of hydrogen-bond donors (Lipinski definition) is 1. The Morgan fingerprint density at radius 1 is 1.50 bits per heavy atom. The maximum absolute atomic E-state index is 12.7. The van der Waals surface area contributed by atoms with Gasteiger partial charge in [-0.05, 0) is 17.3 Å². The molecule has 2 heterocycles. The zero-order valence-electron chi connectivity index (χ0n) is 10.2. The van der Waals surface area contributed by atoms with Gasteiger partial charge >= 0.3 is 6.18 Å². The molecule has 5 nitrogen and oxygen atoms in total. The quantitative estimate of drug-likeness (QED) is 0.699. The van der Waals surface area contributed by atoms with Crippen LogP contribution >= 0.6 is 11.3 Å². The Balaban J connectivity index is 2.40. The summed E-state index contributed by atoms with van der Waals surface area (Å²) in [5.41, 5.74) is -1.71. The van der Waals surface area contributed by atoms with Gasteiger partial charge in [-0.25, -0.2) is 0 Å². The highest BCUT2D eigenvalue weighted by molar-refractivity contribution is 7.12. The topological polar surface area (TPSA) is 72.9 Å². The van der Waals surface area contributed by atoms with Crippen LogP contribution in [0.3, 0.4) is 0 Å². The van der Waals surface area contributed by atoms with Crippen LogP contribution in [0.4, 0.5) is 18.9 Å². The fourth-order valence-electron chi connectivity index (χ4n) is 1.73. The van der Waals surface area contributed by atoms with Gasteiger partial charge in [0.15, 0.2) is 0 Å². The molecule has 20 heavy (non-hydrogen) atoms. The van der Waals surface area contributed by atoms with Crippen LogP contribution in [0.25, 0.3) is 0 Å². The molecule has 104 valence electrons. The third-order valence-electron chi connectivity index (χ3n) is 2.69. The van der Waals surface area contributed by atoms with Crippen molar-refractivity contribution in [2.24, 2.45) is 5.18 Å². The number of nitroso groups, excluding NO2 is 1. The number of nitrogens with one attached hydrogen (secondary N) is 1. The number of nitriles is 1. The number of hydrogen-bond acceptors (Lipinski definition) is 4. The molecular weight excluding hydrogens is 293 g/mol. The van der Waals surface area contributed by atoms with E-state index in [1.165, 1.54) is 22.9 Å². The number of alkyl halides is 3. The van der Waals surface area contributed by atoms with Crippen LogP contribution in [0.5, 0.6) is 0 Å². The van der Waals surface area contributed by atoms with Gasteiger partial charge in [-0.15, -0.1) is 20.9 Å². The minimum Gasteiger partial charge on any atom is -0.192 e. The van der Waals surface area contributed by atoms with Crippen LogP contribution in [0.2, 0.25) is 0 Å². The SMILES string of the molecule is Cc1c(N=O)c(C(F)(F)F)[nH][n+]1Cc1ccc(C#N)s1. The van der Waals surface area contributed by atoms with Crippen molar-refractivity contribution in [1.82, 2.24) is 5.10 Å². The molecule has 0 aliphatic rings. The Hall–Kier alpha value is -2.21. The van der Waals surface area contributed by atoms with Gasteiger partial charge in [0.25, 0.3) is 0 Å². The molecule has 0 saturated carbocycles. The summed E-state index contributed by atoms with van der Waals surface area (Å²) < 4.78 is 39.4. The average molecular weight is 301 g/mol. The van der Waals surface area contributed by atoms with Crippen molar-refractivity contribution in [2.75, 3.05) is 0 Å². The number of rotatable bonds is 3. The van der Waals surface area contributed by atoms with E-state index in [9.17, 15) is 18.1 Å². The van der Waals surface area contributed by atoms with Gasteiger partial charge in [0.1, 0.15) is 10.9 Å². The molecule has 2 aromatic rings. The Labute approximate surface area is 115 Å². The second-order valence-corrected chi connectivity index (χ2v) is 5.14. The highest BCUT2D eigenvalue weighted by Crippen LogP contribution is 2.35. The van der Waals surface area contributed by atoms with E-state index in [-0.39, 0.29) is 12.2 Å². The highest BCUT2D eigenvalue weighted by Gasteiger charge is 2.42. The number of aromatic amines is 1. The Morgan fingerprint density at radius 3 is 2.65 bits per heavy atom. The van der Waals surface area contributed by atoms with Crippen molar-refractivity contribution in [3.8, 4) is 6.07 Å². The molecule has 0 aliphatic carbocycles. The van der Waals surface area contributed by atoms with E-state index in [1.807, 2.05) is 6.07 Å². The molecule has 0 bridgehead atoms. The van der Waals surface area contributed by atoms with Gasteiger partial charge < -0.3 is 0 Å². The van der Waals surface area contributed by atoms with E-state index >= 15 is 0 Å². The molecule has 0 fully saturated rings. The molecule has 1 N–H and O–H groups in total. The van der Waals surface area contributed by atoms with E-state index < -0.39 is 17.6 Å². The fraction of sp³-hybridized carbons (Fsp3) is 0.273. The minimum absolute atomic E-state index is 0.0965. The van der Waals surface area contributed by atoms with E-state index in [4.69, 9.17) is 5.26 Å². The first-order valence-corrected chi connectivity index (χ1v) is 6.20. The van der Waals surface area contributed by atoms with Gasteiger partial charge in [-0.3, -0.25) is 0 Å². The lowest BCUT2D eigenvalue weighted by molar-refractivity contribution is -0.747. The molecule has 0 saturated heterocycles. The maximum atomic E-state index is 12.7. The van der Waals surface area contributed by atoms with Gasteiger partial charge in [-0.1, -0.05) is 0 Å². The van der Waals surface area contributed by atoms with Crippen molar-refractivity contribution in [1.29, 1.82) is 5.26 Å². The van der Waals surface area contributed by atoms with Crippen LogP contribution in [-0.2, 0) is 12.7 Å². The molecule has 0 unspecified atom stereocenters. The summed E-state index contributed by atoms with van der Waals surface area (Å²) in [7, 11) is 0. The van der Waals surface area contributed by atoms with Gasteiger partial charge in [-0.2, -0.15) is 23.5 Å². The second-order valence-electron chi connectivity index (χ2n) is 3.97. The monoisotopic (exact) mass is 301 g/mol. The molecule has 0 atom stereocenters. The number of aromatic nitrogens is 2. The smallest absolute Gasteiger partial charge is 0.192 e. The van der Waals surface area contributed by atoms with E-state index in [0.29, 0.717) is 9.75 Å². The Kier molecular flexibility index (Phi) is 3.59. The van der Waals surface area contributed by atoms with Gasteiger partial charge in [0, 0.05) is 6.92 Å². The molecule has 2 rings (SSSR count). The van der Waals surface area contributed by atoms with Crippen LogP contribution in [0.15, 0.2) is 17.3 Å². The predicted octanol–water partition coefficient (Wildman–Crippen LogP) is 3.01. The first-order valence-electron chi connectivity index (χ1n) is 5.38. The summed E-state index contributed by atoms with van der Waals surface area (Å²) in [5.74, 6) is 0. The van der Waals surface area contributed by atoms with Crippen LogP contribution < -0.4 is 4.68 Å². The summed E-state index contributed by atoms with van der Waals surface area (Å²) in [6, 6.07) is 5.19. The van der Waals surface area contributed by atoms with E-state index in [1.54, 1.807) is 12.1 Å². The lowest BCUT2D eigenvalue weighted by atomic mass is 10.3. The average Bonchev–Trinajstić information content (AvgIpc) is 2.95. The normalized spacial score (nSPS) is 11.3. The Morgan fingerprint density at radius 2 is 2.20 bits per heavy atom. The minimum atomic E-state index is -4.67. The molecule has 0 spiro atoms. The van der Waals surface area contributed by atoms with E-state index in [2.05, 4.69) is 10.3 Å². The summed E-state index contributed by atoms with van der Waals surface area (Å²) >= 11 is 1.17. The van der Waals surface area contributed by atoms with Crippen molar-refractivity contribution < 1.29 is 17.9 Å². The molecular formula is C11H8F3N4OS+. The van der Waals surface area contributed by atoms with Crippen LogP contribution in [0, 0.1) is 23.2 Å². The molecule has 0 radical (unpaired) electrons. The van der Waals surface area contributed by atoms with Crippen molar-refractivity contribution in [3.05, 3.63) is 38.2 Å². The van der Waals surface area contributed by atoms with E-state index in [0.717, 1.165) is 0 Å². The molecule has 2 aromatic heterocycles. The maximum Gasteiger partial charge on any atom is 0.439 e. The van der Waals surface area contributed by atoms with Crippen LogP contribution in [-0.4, -0.2) is 5.10 Å². The second kappa shape index (κ2) is 5.05. The van der Waals surface area contributed by atoms with Crippen LogP contribution in [0.1, 0.15) is 21.1 Å². The first-order chi connectivity index (χ1) is 9.36. The predicted molar refractivity (Wildman–Crippen MR) is 64.3 cm³/mol. The highest BCUT2D eigenvalue weighted by atomic mass is 32.1. The molecule has 9 heteroatoms. The third-order valence-corrected chi connectivity index (χ3v) is 3.67. The largest absolute Gasteiger partial charge is 0.439 e. The summed E-state index contributed by atoms with van der Waals surface area (Å²) in [5, 5.41) is 13.3. The lowest BCUT2D eigenvalue weighted by Gasteiger charge is -1.99. The third kappa shape index (κ3) is 2.55. The van der Waals surface area contributed by atoms with Gasteiger partial charge in [0.05, 0.1) is 4.88 Å². The number of nitrogens with zero attached hydrogens (tertiary/aromatic N) is 3. The van der Waals surface area contributed by atoms with Crippen molar-refractivity contribution in [2.45, 2.75) is 19.6 Å². The van der Waals surface area contributed by atoms with Crippen molar-refractivity contribution >= 4 is 17.0 Å². The number of halogens is 3. The summed E-state index contributed by atoms with van der Waals surface area (Å²) in [6.45, 7) is 1.48. The zero-order chi connectivity index (χ0) is 14.9. The Bertz CT molecular complexity index is 696. The standard InChI is InChI=1S/C11H7F3N4OS/c1-6-9(17-19)10(11(12,13)14)16-18(6)5-8-3-2-7(4-15)20-8/h2-3H,5H2,1H3/p+1. The zero-order valence-corrected chi connectivity index (χ0v) is 11.0. The lowest BCUT2D eigenvalue weighted by Crippen LogP contribution is -2.39. The first kappa shape index (κ1) is 14.2. The number of H-pyrrole nitrogens is 1. The van der Waals surface area contributed by atoms with Crippen molar-refractivity contribution in [3.63, 3.8) is 0 Å². The summed E-state index contributed by atoms with van der Waals surface area (Å²) in [4.78, 5) is 11.8. The van der Waals surface area contributed by atoms with Gasteiger partial charge in [0.2, 0.25) is 23.6 Å². The summed E-state index contributed by atoms with van der Waals surface area (Å²) in [6.07, 6.45) is -4.67.